The summed E-state index contributed by atoms with van der Waals surface area (Å²) >= 11 is 1.28. The number of amides is 2. The number of hydrogen-bond donors (Lipinski definition) is 2. The van der Waals surface area contributed by atoms with Crippen molar-refractivity contribution in [1.82, 2.24) is 4.98 Å². The average Bonchev–Trinajstić information content (AvgIpc) is 2.96. The quantitative estimate of drug-likeness (QED) is 0.776. The molecule has 0 bridgehead atoms. The SMILES string of the molecule is NC(=O)c1ccsc1NC(=O)Cc1cccc2ncccc12. The summed E-state index contributed by atoms with van der Waals surface area (Å²) in [7, 11) is 0. The van der Waals surface area contributed by atoms with Gasteiger partial charge in [-0.3, -0.25) is 14.6 Å². The van der Waals surface area contributed by atoms with E-state index in [2.05, 4.69) is 10.3 Å². The molecule has 2 heterocycles. The Labute approximate surface area is 130 Å². The molecule has 0 radical (unpaired) electrons. The van der Waals surface area contributed by atoms with Crippen LogP contribution in [0.5, 0.6) is 0 Å². The highest BCUT2D eigenvalue weighted by Crippen LogP contribution is 2.23. The molecule has 22 heavy (non-hydrogen) atoms. The Bertz CT molecular complexity index is 852. The molecular formula is C16H13N3O2S. The summed E-state index contributed by atoms with van der Waals surface area (Å²) in [6, 6.07) is 11.1. The number of hydrogen-bond acceptors (Lipinski definition) is 4. The van der Waals surface area contributed by atoms with Gasteiger partial charge in [0.2, 0.25) is 5.91 Å². The van der Waals surface area contributed by atoms with E-state index in [0.717, 1.165) is 16.5 Å². The molecule has 0 spiro atoms. The van der Waals surface area contributed by atoms with Gasteiger partial charge in [-0.05, 0) is 29.1 Å². The number of carbonyl (C=O) groups excluding carboxylic acids is 2. The number of nitrogens with two attached hydrogens (primary N) is 1. The van der Waals surface area contributed by atoms with Crippen molar-refractivity contribution in [2.24, 2.45) is 5.73 Å². The summed E-state index contributed by atoms with van der Waals surface area (Å²) in [5, 5.41) is 5.89. The van der Waals surface area contributed by atoms with Gasteiger partial charge in [-0.25, -0.2) is 0 Å². The Kier molecular flexibility index (Phi) is 3.84. The van der Waals surface area contributed by atoms with Crippen molar-refractivity contribution >= 4 is 39.1 Å². The lowest BCUT2D eigenvalue weighted by atomic mass is 10.1. The van der Waals surface area contributed by atoms with E-state index in [1.807, 2.05) is 30.3 Å². The average molecular weight is 311 g/mol. The van der Waals surface area contributed by atoms with E-state index in [4.69, 9.17) is 5.73 Å². The van der Waals surface area contributed by atoms with Crippen molar-refractivity contribution < 1.29 is 9.59 Å². The minimum Gasteiger partial charge on any atom is -0.366 e. The molecule has 5 nitrogen and oxygen atoms in total. The summed E-state index contributed by atoms with van der Waals surface area (Å²) in [6.45, 7) is 0. The van der Waals surface area contributed by atoms with Gasteiger partial charge in [0.1, 0.15) is 5.00 Å². The monoisotopic (exact) mass is 311 g/mol. The Morgan fingerprint density at radius 1 is 1.18 bits per heavy atom. The first-order valence-corrected chi connectivity index (χ1v) is 7.53. The number of carbonyl (C=O) groups is 2. The molecule has 6 heteroatoms. The normalized spacial score (nSPS) is 10.5. The van der Waals surface area contributed by atoms with Crippen LogP contribution in [0, 0.1) is 0 Å². The van der Waals surface area contributed by atoms with Crippen molar-refractivity contribution in [3.8, 4) is 0 Å². The molecule has 2 amide bonds. The minimum absolute atomic E-state index is 0.193. The molecule has 0 saturated carbocycles. The number of pyridine rings is 1. The van der Waals surface area contributed by atoms with Gasteiger partial charge >= 0.3 is 0 Å². The summed E-state index contributed by atoms with van der Waals surface area (Å²) < 4.78 is 0. The van der Waals surface area contributed by atoms with E-state index < -0.39 is 5.91 Å². The third-order valence-corrected chi connectivity index (χ3v) is 4.10. The predicted molar refractivity (Wildman–Crippen MR) is 86.9 cm³/mol. The first-order valence-electron chi connectivity index (χ1n) is 6.65. The smallest absolute Gasteiger partial charge is 0.251 e. The zero-order valence-corrected chi connectivity index (χ0v) is 12.4. The lowest BCUT2D eigenvalue weighted by Crippen LogP contribution is -2.18. The van der Waals surface area contributed by atoms with Crippen LogP contribution in [0.1, 0.15) is 15.9 Å². The maximum atomic E-state index is 12.2. The highest BCUT2D eigenvalue weighted by molar-refractivity contribution is 7.14. The van der Waals surface area contributed by atoms with Crippen LogP contribution in [0.4, 0.5) is 5.00 Å². The maximum absolute atomic E-state index is 12.2. The van der Waals surface area contributed by atoms with Crippen LogP contribution in [0.15, 0.2) is 48.0 Å². The molecular weight excluding hydrogens is 298 g/mol. The topological polar surface area (TPSA) is 85.1 Å². The lowest BCUT2D eigenvalue weighted by Gasteiger charge is -2.07. The van der Waals surface area contributed by atoms with Crippen molar-refractivity contribution in [1.29, 1.82) is 0 Å². The van der Waals surface area contributed by atoms with Crippen LogP contribution in [-0.4, -0.2) is 16.8 Å². The predicted octanol–water partition coefficient (Wildman–Crippen LogP) is 2.58. The molecule has 3 rings (SSSR count). The number of nitrogens with zero attached hydrogens (tertiary/aromatic N) is 1. The number of aromatic nitrogens is 1. The van der Waals surface area contributed by atoms with Gasteiger partial charge in [0.15, 0.2) is 0 Å². The summed E-state index contributed by atoms with van der Waals surface area (Å²) in [5.41, 5.74) is 7.34. The molecule has 0 aliphatic heterocycles. The number of primary amides is 1. The van der Waals surface area contributed by atoms with Crippen LogP contribution >= 0.6 is 11.3 Å². The van der Waals surface area contributed by atoms with Crippen LogP contribution in [-0.2, 0) is 11.2 Å². The van der Waals surface area contributed by atoms with Gasteiger partial charge < -0.3 is 11.1 Å². The van der Waals surface area contributed by atoms with E-state index in [-0.39, 0.29) is 12.3 Å². The van der Waals surface area contributed by atoms with E-state index in [1.165, 1.54) is 11.3 Å². The van der Waals surface area contributed by atoms with Crippen molar-refractivity contribution in [2.75, 3.05) is 5.32 Å². The van der Waals surface area contributed by atoms with E-state index in [9.17, 15) is 9.59 Å². The van der Waals surface area contributed by atoms with E-state index in [0.29, 0.717) is 10.6 Å². The standard InChI is InChI=1S/C16H13N3O2S/c17-15(21)12-6-8-22-16(12)19-14(20)9-10-3-1-5-13-11(10)4-2-7-18-13/h1-8H,9H2,(H2,17,21)(H,19,20). The summed E-state index contributed by atoms with van der Waals surface area (Å²) in [4.78, 5) is 27.8. The molecule has 0 unspecified atom stereocenters. The van der Waals surface area contributed by atoms with E-state index in [1.54, 1.807) is 17.6 Å². The first kappa shape index (κ1) is 14.2. The lowest BCUT2D eigenvalue weighted by molar-refractivity contribution is -0.115. The van der Waals surface area contributed by atoms with Crippen LogP contribution < -0.4 is 11.1 Å². The summed E-state index contributed by atoms with van der Waals surface area (Å²) in [5.74, 6) is -0.743. The molecule has 0 saturated heterocycles. The molecule has 0 atom stereocenters. The number of anilines is 1. The van der Waals surface area contributed by atoms with Crippen molar-refractivity contribution in [3.05, 3.63) is 59.1 Å². The highest BCUT2D eigenvalue weighted by atomic mass is 32.1. The first-order chi connectivity index (χ1) is 10.6. The van der Waals surface area contributed by atoms with Gasteiger partial charge in [-0.2, -0.15) is 0 Å². The Balaban J connectivity index is 1.82. The fraction of sp³-hybridized carbons (Fsp3) is 0.0625. The van der Waals surface area contributed by atoms with Crippen LogP contribution in [0.25, 0.3) is 10.9 Å². The van der Waals surface area contributed by atoms with Gasteiger partial charge in [-0.15, -0.1) is 11.3 Å². The molecule has 1 aromatic carbocycles. The van der Waals surface area contributed by atoms with Crippen molar-refractivity contribution in [2.45, 2.75) is 6.42 Å². The Morgan fingerprint density at radius 2 is 2.05 bits per heavy atom. The largest absolute Gasteiger partial charge is 0.366 e. The van der Waals surface area contributed by atoms with Crippen molar-refractivity contribution in [3.63, 3.8) is 0 Å². The molecule has 3 aromatic rings. The van der Waals surface area contributed by atoms with Gasteiger partial charge in [0.25, 0.3) is 5.91 Å². The number of rotatable bonds is 4. The van der Waals surface area contributed by atoms with Crippen LogP contribution in [0.3, 0.4) is 0 Å². The molecule has 0 fully saturated rings. The third-order valence-electron chi connectivity index (χ3n) is 3.27. The number of fused-ring (bicyclic) bond motifs is 1. The van der Waals surface area contributed by atoms with Gasteiger partial charge in [0, 0.05) is 11.6 Å². The molecule has 2 aromatic heterocycles. The van der Waals surface area contributed by atoms with E-state index >= 15 is 0 Å². The molecule has 3 N–H and O–H groups in total. The number of nitrogens with one attached hydrogen (secondary N) is 1. The third kappa shape index (κ3) is 2.82. The number of thiophene rings is 1. The molecule has 0 aliphatic rings. The fourth-order valence-electron chi connectivity index (χ4n) is 2.27. The Morgan fingerprint density at radius 3 is 2.86 bits per heavy atom. The van der Waals surface area contributed by atoms with Gasteiger partial charge in [0.05, 0.1) is 17.5 Å². The second-order valence-electron chi connectivity index (χ2n) is 4.74. The maximum Gasteiger partial charge on any atom is 0.251 e. The fourth-order valence-corrected chi connectivity index (χ4v) is 3.07. The zero-order valence-electron chi connectivity index (χ0n) is 11.6. The highest BCUT2D eigenvalue weighted by Gasteiger charge is 2.13. The minimum atomic E-state index is -0.550. The second kappa shape index (κ2) is 5.95. The number of benzene rings is 1. The van der Waals surface area contributed by atoms with Gasteiger partial charge in [-0.1, -0.05) is 18.2 Å². The second-order valence-corrected chi connectivity index (χ2v) is 5.66. The zero-order chi connectivity index (χ0) is 15.5. The Hall–Kier alpha value is -2.73. The van der Waals surface area contributed by atoms with Crippen LogP contribution in [0.2, 0.25) is 0 Å². The molecule has 110 valence electrons. The molecule has 0 aliphatic carbocycles. The summed E-state index contributed by atoms with van der Waals surface area (Å²) in [6.07, 6.45) is 1.93.